The molecule has 2 aromatic heterocycles. The van der Waals surface area contributed by atoms with Crippen molar-refractivity contribution in [3.05, 3.63) is 77.3 Å². The van der Waals surface area contributed by atoms with Crippen LogP contribution in [0.4, 0.5) is 11.4 Å². The average Bonchev–Trinajstić information content (AvgIpc) is 2.67. The van der Waals surface area contributed by atoms with E-state index >= 15 is 0 Å². The van der Waals surface area contributed by atoms with Gasteiger partial charge in [0.1, 0.15) is 5.75 Å². The van der Waals surface area contributed by atoms with Crippen molar-refractivity contribution in [1.82, 2.24) is 15.3 Å². The Hall–Kier alpha value is -3.12. The van der Waals surface area contributed by atoms with E-state index in [0.717, 1.165) is 5.56 Å². The first-order valence-electron chi connectivity index (χ1n) is 7.88. The van der Waals surface area contributed by atoms with Crippen LogP contribution in [0.5, 0.6) is 5.75 Å². The molecule has 0 saturated carbocycles. The van der Waals surface area contributed by atoms with Gasteiger partial charge < -0.3 is 15.4 Å². The first-order chi connectivity index (χ1) is 12.7. The molecule has 0 atom stereocenters. The van der Waals surface area contributed by atoms with Gasteiger partial charge in [0.25, 0.3) is 5.91 Å². The Morgan fingerprint density at radius 1 is 1.15 bits per heavy atom. The van der Waals surface area contributed by atoms with Crippen LogP contribution in [0.2, 0.25) is 5.02 Å². The molecule has 0 spiro atoms. The first kappa shape index (κ1) is 17.7. The van der Waals surface area contributed by atoms with Crippen molar-refractivity contribution in [1.29, 1.82) is 0 Å². The monoisotopic (exact) mass is 368 g/mol. The number of benzene rings is 1. The molecule has 1 aromatic carbocycles. The third kappa shape index (κ3) is 4.49. The van der Waals surface area contributed by atoms with E-state index in [9.17, 15) is 4.79 Å². The number of carbonyl (C=O) groups is 1. The molecule has 0 aliphatic carbocycles. The molecule has 2 heterocycles. The zero-order valence-electron chi connectivity index (χ0n) is 14.1. The highest BCUT2D eigenvalue weighted by atomic mass is 35.5. The van der Waals surface area contributed by atoms with Crippen LogP contribution >= 0.6 is 11.6 Å². The fraction of sp³-hybridized carbons (Fsp3) is 0.105. The van der Waals surface area contributed by atoms with Gasteiger partial charge in [0.15, 0.2) is 0 Å². The molecule has 26 heavy (non-hydrogen) atoms. The molecule has 0 saturated heterocycles. The lowest BCUT2D eigenvalue weighted by Crippen LogP contribution is -2.23. The summed E-state index contributed by atoms with van der Waals surface area (Å²) in [6, 6.07) is 10.7. The number of rotatable bonds is 6. The summed E-state index contributed by atoms with van der Waals surface area (Å²) in [7, 11) is 1.58. The SMILES string of the molecule is COc1ccc(Cl)cc1Nc1cncc(C(=O)NCc2cccnc2)c1. The summed E-state index contributed by atoms with van der Waals surface area (Å²) in [6.07, 6.45) is 6.54. The van der Waals surface area contributed by atoms with Crippen LogP contribution in [0.25, 0.3) is 0 Å². The summed E-state index contributed by atoms with van der Waals surface area (Å²) >= 11 is 6.04. The molecule has 0 unspecified atom stereocenters. The minimum atomic E-state index is -0.219. The van der Waals surface area contributed by atoms with E-state index < -0.39 is 0 Å². The highest BCUT2D eigenvalue weighted by Gasteiger charge is 2.09. The van der Waals surface area contributed by atoms with Crippen LogP contribution in [-0.2, 0) is 6.54 Å². The number of hydrogen-bond donors (Lipinski definition) is 2. The van der Waals surface area contributed by atoms with Gasteiger partial charge in [0.2, 0.25) is 0 Å². The minimum Gasteiger partial charge on any atom is -0.495 e. The number of amides is 1. The number of pyridine rings is 2. The first-order valence-corrected chi connectivity index (χ1v) is 8.26. The Labute approximate surface area is 156 Å². The lowest BCUT2D eigenvalue weighted by atomic mass is 10.2. The maximum absolute atomic E-state index is 12.4. The van der Waals surface area contributed by atoms with E-state index in [0.29, 0.717) is 34.3 Å². The lowest BCUT2D eigenvalue weighted by Gasteiger charge is -2.12. The fourth-order valence-electron chi connectivity index (χ4n) is 2.35. The Morgan fingerprint density at radius 2 is 2.04 bits per heavy atom. The topological polar surface area (TPSA) is 76.1 Å². The maximum atomic E-state index is 12.4. The number of aromatic nitrogens is 2. The Balaban J connectivity index is 1.72. The van der Waals surface area contributed by atoms with Gasteiger partial charge >= 0.3 is 0 Å². The summed E-state index contributed by atoms with van der Waals surface area (Å²) in [5.74, 6) is 0.420. The maximum Gasteiger partial charge on any atom is 0.253 e. The van der Waals surface area contributed by atoms with Gasteiger partial charge in [-0.05, 0) is 35.9 Å². The molecule has 0 aliphatic heterocycles. The van der Waals surface area contributed by atoms with Crippen molar-refractivity contribution >= 4 is 28.9 Å². The van der Waals surface area contributed by atoms with Gasteiger partial charge in [-0.15, -0.1) is 0 Å². The highest BCUT2D eigenvalue weighted by Crippen LogP contribution is 2.30. The number of nitrogens with zero attached hydrogens (tertiary/aromatic N) is 2. The quantitative estimate of drug-likeness (QED) is 0.691. The molecule has 3 rings (SSSR count). The van der Waals surface area contributed by atoms with Crippen LogP contribution in [0.1, 0.15) is 15.9 Å². The molecule has 0 aliphatic rings. The molecule has 3 aromatic rings. The van der Waals surface area contributed by atoms with Crippen molar-refractivity contribution in [3.8, 4) is 5.75 Å². The van der Waals surface area contributed by atoms with Crippen molar-refractivity contribution in [3.63, 3.8) is 0 Å². The Kier molecular flexibility index (Phi) is 5.66. The summed E-state index contributed by atoms with van der Waals surface area (Å²) in [5.41, 5.74) is 2.71. The van der Waals surface area contributed by atoms with Crippen molar-refractivity contribution in [2.24, 2.45) is 0 Å². The van der Waals surface area contributed by atoms with E-state index in [1.54, 1.807) is 50.0 Å². The Morgan fingerprint density at radius 3 is 2.81 bits per heavy atom. The average molecular weight is 369 g/mol. The molecule has 0 fully saturated rings. The van der Waals surface area contributed by atoms with Gasteiger partial charge in [-0.25, -0.2) is 0 Å². The summed E-state index contributed by atoms with van der Waals surface area (Å²) < 4.78 is 5.31. The van der Waals surface area contributed by atoms with Crippen LogP contribution in [-0.4, -0.2) is 23.0 Å². The molecule has 132 valence electrons. The number of methoxy groups -OCH3 is 1. The molecule has 1 amide bonds. The van der Waals surface area contributed by atoms with E-state index in [-0.39, 0.29) is 5.91 Å². The van der Waals surface area contributed by atoms with Gasteiger partial charge in [-0.2, -0.15) is 0 Å². The second-order valence-corrected chi connectivity index (χ2v) is 5.91. The third-order valence-corrected chi connectivity index (χ3v) is 3.85. The van der Waals surface area contributed by atoms with Crippen molar-refractivity contribution in [2.75, 3.05) is 12.4 Å². The number of hydrogen-bond acceptors (Lipinski definition) is 5. The fourth-order valence-corrected chi connectivity index (χ4v) is 2.53. The smallest absolute Gasteiger partial charge is 0.253 e. The summed E-state index contributed by atoms with van der Waals surface area (Å²) in [4.78, 5) is 20.5. The summed E-state index contributed by atoms with van der Waals surface area (Å²) in [6.45, 7) is 0.395. The van der Waals surface area contributed by atoms with Crippen molar-refractivity contribution < 1.29 is 9.53 Å². The van der Waals surface area contributed by atoms with Gasteiger partial charge in [-0.3, -0.25) is 14.8 Å². The van der Waals surface area contributed by atoms with Gasteiger partial charge in [-0.1, -0.05) is 17.7 Å². The van der Waals surface area contributed by atoms with Crippen molar-refractivity contribution in [2.45, 2.75) is 6.54 Å². The predicted molar refractivity (Wildman–Crippen MR) is 101 cm³/mol. The number of carbonyl (C=O) groups excluding carboxylic acids is 1. The molecule has 2 N–H and O–H groups in total. The van der Waals surface area contributed by atoms with Gasteiger partial charge in [0.05, 0.1) is 30.2 Å². The molecule has 0 radical (unpaired) electrons. The van der Waals surface area contributed by atoms with E-state index in [2.05, 4.69) is 20.6 Å². The number of nitrogens with one attached hydrogen (secondary N) is 2. The van der Waals surface area contributed by atoms with Crippen LogP contribution in [0, 0.1) is 0 Å². The molecule has 0 bridgehead atoms. The zero-order chi connectivity index (χ0) is 18.4. The van der Waals surface area contributed by atoms with Crippen LogP contribution in [0.3, 0.4) is 0 Å². The molecule has 6 nitrogen and oxygen atoms in total. The number of halogens is 1. The standard InChI is InChI=1S/C19H17ClN4O2/c1-26-18-5-4-15(20)8-17(18)24-16-7-14(11-22-12-16)19(25)23-10-13-3-2-6-21-9-13/h2-9,11-12,24H,10H2,1H3,(H,23,25). The zero-order valence-corrected chi connectivity index (χ0v) is 14.8. The molecular weight excluding hydrogens is 352 g/mol. The normalized spacial score (nSPS) is 10.2. The van der Waals surface area contributed by atoms with Crippen LogP contribution in [0.15, 0.2) is 61.2 Å². The number of ether oxygens (including phenoxy) is 1. The highest BCUT2D eigenvalue weighted by molar-refractivity contribution is 6.31. The second kappa shape index (κ2) is 8.31. The summed E-state index contributed by atoms with van der Waals surface area (Å²) in [5, 5.41) is 6.59. The second-order valence-electron chi connectivity index (χ2n) is 5.48. The number of anilines is 2. The third-order valence-electron chi connectivity index (χ3n) is 3.62. The Bertz CT molecular complexity index is 903. The minimum absolute atomic E-state index is 0.219. The largest absolute Gasteiger partial charge is 0.495 e. The van der Waals surface area contributed by atoms with E-state index in [4.69, 9.17) is 16.3 Å². The van der Waals surface area contributed by atoms with Crippen LogP contribution < -0.4 is 15.4 Å². The lowest BCUT2D eigenvalue weighted by molar-refractivity contribution is 0.0950. The predicted octanol–water partition coefficient (Wildman–Crippen LogP) is 3.81. The molecule has 7 heteroatoms. The van der Waals surface area contributed by atoms with E-state index in [1.165, 1.54) is 6.20 Å². The van der Waals surface area contributed by atoms with E-state index in [1.807, 2.05) is 12.1 Å². The van der Waals surface area contributed by atoms with Gasteiger partial charge in [0, 0.05) is 30.2 Å². The molecular formula is C19H17ClN4O2.